The number of non-ortho nitro benzene ring substituents is 1. The molecule has 0 bridgehead atoms. The van der Waals surface area contributed by atoms with Gasteiger partial charge in [0.2, 0.25) is 0 Å². The molecule has 7 nitrogen and oxygen atoms in total. The van der Waals surface area contributed by atoms with Gasteiger partial charge in [0.1, 0.15) is 5.69 Å². The molecule has 0 unspecified atom stereocenters. The van der Waals surface area contributed by atoms with Gasteiger partial charge < -0.3 is 9.40 Å². The number of nitro groups is 1. The largest absolute Gasteiger partial charge is 0.410 e. The Bertz CT molecular complexity index is 785. The summed E-state index contributed by atoms with van der Waals surface area (Å²) in [6, 6.07) is 10.2. The van der Waals surface area contributed by atoms with Gasteiger partial charge in [-0.15, -0.1) is 10.2 Å². The molecule has 2 heterocycles. The fraction of sp³-hybridized carbons (Fsp3) is 0.143. The van der Waals surface area contributed by atoms with Crippen LogP contribution in [0.4, 0.5) is 5.69 Å². The van der Waals surface area contributed by atoms with Gasteiger partial charge in [0, 0.05) is 23.6 Å². The molecule has 0 amide bonds. The third kappa shape index (κ3) is 3.01. The number of aromatic amines is 1. The topological polar surface area (TPSA) is 97.8 Å². The molecule has 8 heteroatoms. The lowest BCUT2D eigenvalue weighted by Gasteiger charge is -2.08. The van der Waals surface area contributed by atoms with E-state index in [1.165, 1.54) is 17.8 Å². The lowest BCUT2D eigenvalue weighted by molar-refractivity contribution is -0.384. The highest BCUT2D eigenvalue weighted by Gasteiger charge is 2.16. The van der Waals surface area contributed by atoms with E-state index in [4.69, 9.17) is 4.42 Å². The molecule has 1 aromatic carbocycles. The summed E-state index contributed by atoms with van der Waals surface area (Å²) in [5, 5.41) is 19.2. The van der Waals surface area contributed by atoms with Crippen molar-refractivity contribution in [1.82, 2.24) is 15.2 Å². The predicted octanol–water partition coefficient (Wildman–Crippen LogP) is 3.83. The van der Waals surface area contributed by atoms with Crippen molar-refractivity contribution < 1.29 is 9.34 Å². The maximum atomic E-state index is 10.8. The minimum Gasteiger partial charge on any atom is -0.410 e. The molecule has 2 aromatic heterocycles. The maximum Gasteiger partial charge on any atom is 0.277 e. The van der Waals surface area contributed by atoms with Gasteiger partial charge in [-0.3, -0.25) is 10.1 Å². The van der Waals surface area contributed by atoms with Crippen LogP contribution >= 0.6 is 11.8 Å². The van der Waals surface area contributed by atoms with Crippen LogP contribution in [0.25, 0.3) is 11.6 Å². The minimum absolute atomic E-state index is 0.0446. The van der Waals surface area contributed by atoms with Gasteiger partial charge in [-0.2, -0.15) is 0 Å². The van der Waals surface area contributed by atoms with Crippen LogP contribution in [-0.2, 0) is 0 Å². The first kappa shape index (κ1) is 14.3. The zero-order valence-corrected chi connectivity index (χ0v) is 12.4. The molecule has 0 radical (unpaired) electrons. The third-order valence-electron chi connectivity index (χ3n) is 3.06. The van der Waals surface area contributed by atoms with Gasteiger partial charge in [0.05, 0.1) is 4.92 Å². The highest BCUT2D eigenvalue weighted by atomic mass is 32.2. The van der Waals surface area contributed by atoms with Gasteiger partial charge >= 0.3 is 0 Å². The second-order valence-electron chi connectivity index (χ2n) is 4.57. The van der Waals surface area contributed by atoms with E-state index in [1.54, 1.807) is 18.3 Å². The van der Waals surface area contributed by atoms with Gasteiger partial charge in [0.15, 0.2) is 0 Å². The molecule has 0 aliphatic heterocycles. The first-order valence-electron chi connectivity index (χ1n) is 6.52. The predicted molar refractivity (Wildman–Crippen MR) is 81.5 cm³/mol. The number of hydrogen-bond acceptors (Lipinski definition) is 6. The standard InChI is InChI=1S/C14H12N4O3S/c1-9(10-4-2-5-11(8-10)18(19)20)22-14-17-16-13(21-14)12-6-3-7-15-12/h2-9,15H,1H3/t9-/m0/s1. The Hall–Kier alpha value is -2.61. The van der Waals surface area contributed by atoms with Crippen molar-refractivity contribution in [3.63, 3.8) is 0 Å². The van der Waals surface area contributed by atoms with E-state index in [1.807, 2.05) is 25.1 Å². The molecule has 1 N–H and O–H groups in total. The average Bonchev–Trinajstić information content (AvgIpc) is 3.18. The summed E-state index contributed by atoms with van der Waals surface area (Å²) in [7, 11) is 0. The highest BCUT2D eigenvalue weighted by molar-refractivity contribution is 7.99. The average molecular weight is 316 g/mol. The quantitative estimate of drug-likeness (QED) is 0.436. The van der Waals surface area contributed by atoms with Crippen molar-refractivity contribution in [2.75, 3.05) is 0 Å². The monoisotopic (exact) mass is 316 g/mol. The van der Waals surface area contributed by atoms with E-state index < -0.39 is 4.92 Å². The van der Waals surface area contributed by atoms with Crippen LogP contribution in [0, 0.1) is 10.1 Å². The Balaban J connectivity index is 1.75. The number of H-pyrrole nitrogens is 1. The molecule has 0 fully saturated rings. The molecular weight excluding hydrogens is 304 g/mol. The van der Waals surface area contributed by atoms with Gasteiger partial charge in [-0.05, 0) is 24.6 Å². The van der Waals surface area contributed by atoms with Gasteiger partial charge in [-0.25, -0.2) is 0 Å². The van der Waals surface area contributed by atoms with E-state index in [9.17, 15) is 10.1 Å². The molecule has 22 heavy (non-hydrogen) atoms. The molecule has 0 saturated carbocycles. The molecule has 1 atom stereocenters. The summed E-state index contributed by atoms with van der Waals surface area (Å²) < 4.78 is 5.57. The number of thioether (sulfide) groups is 1. The zero-order chi connectivity index (χ0) is 15.5. The van der Waals surface area contributed by atoms with Crippen LogP contribution in [0.2, 0.25) is 0 Å². The van der Waals surface area contributed by atoms with Crippen molar-refractivity contribution in [2.45, 2.75) is 17.4 Å². The van der Waals surface area contributed by atoms with Crippen LogP contribution in [0.5, 0.6) is 0 Å². The van der Waals surface area contributed by atoms with Crippen LogP contribution in [-0.4, -0.2) is 20.1 Å². The lowest BCUT2D eigenvalue weighted by atomic mass is 10.1. The van der Waals surface area contributed by atoms with Gasteiger partial charge in [-0.1, -0.05) is 23.9 Å². The normalized spacial score (nSPS) is 12.2. The van der Waals surface area contributed by atoms with Gasteiger partial charge in [0.25, 0.3) is 16.8 Å². The van der Waals surface area contributed by atoms with E-state index in [-0.39, 0.29) is 10.9 Å². The third-order valence-corrected chi connectivity index (χ3v) is 4.06. The molecule has 0 aliphatic carbocycles. The fourth-order valence-electron chi connectivity index (χ4n) is 1.94. The minimum atomic E-state index is -0.406. The summed E-state index contributed by atoms with van der Waals surface area (Å²) in [5.41, 5.74) is 1.66. The Kier molecular flexibility index (Phi) is 3.92. The van der Waals surface area contributed by atoms with Crippen molar-refractivity contribution in [2.24, 2.45) is 0 Å². The van der Waals surface area contributed by atoms with E-state index in [0.717, 1.165) is 11.3 Å². The van der Waals surface area contributed by atoms with Crippen molar-refractivity contribution in [3.8, 4) is 11.6 Å². The maximum absolute atomic E-state index is 10.8. The summed E-state index contributed by atoms with van der Waals surface area (Å²) in [4.78, 5) is 13.4. The van der Waals surface area contributed by atoms with E-state index in [0.29, 0.717) is 11.1 Å². The fourth-order valence-corrected chi connectivity index (χ4v) is 2.74. The van der Waals surface area contributed by atoms with Crippen LogP contribution < -0.4 is 0 Å². The second kappa shape index (κ2) is 6.02. The van der Waals surface area contributed by atoms with E-state index >= 15 is 0 Å². The number of rotatable bonds is 5. The number of nitrogens with zero attached hydrogens (tertiary/aromatic N) is 3. The van der Waals surface area contributed by atoms with Crippen LogP contribution in [0.3, 0.4) is 0 Å². The molecule has 3 aromatic rings. The molecular formula is C14H12N4O3S. The summed E-state index contributed by atoms with van der Waals surface area (Å²) in [6.07, 6.45) is 1.78. The number of hydrogen-bond donors (Lipinski definition) is 1. The van der Waals surface area contributed by atoms with E-state index in [2.05, 4.69) is 15.2 Å². The Morgan fingerprint density at radius 2 is 2.18 bits per heavy atom. The Morgan fingerprint density at radius 1 is 1.32 bits per heavy atom. The lowest BCUT2D eigenvalue weighted by Crippen LogP contribution is -1.92. The Morgan fingerprint density at radius 3 is 2.91 bits per heavy atom. The zero-order valence-electron chi connectivity index (χ0n) is 11.6. The summed E-state index contributed by atoms with van der Waals surface area (Å²) in [5.74, 6) is 0.416. The first-order chi connectivity index (χ1) is 10.6. The second-order valence-corrected chi connectivity index (χ2v) is 5.86. The molecule has 0 aliphatic rings. The van der Waals surface area contributed by atoms with Crippen molar-refractivity contribution >= 4 is 17.4 Å². The summed E-state index contributed by atoms with van der Waals surface area (Å²) in [6.45, 7) is 1.93. The van der Waals surface area contributed by atoms with Crippen molar-refractivity contribution in [3.05, 3.63) is 58.3 Å². The summed E-state index contributed by atoms with van der Waals surface area (Å²) >= 11 is 1.36. The number of nitrogens with one attached hydrogen (secondary N) is 1. The molecule has 0 spiro atoms. The first-order valence-corrected chi connectivity index (χ1v) is 7.40. The number of nitro benzene ring substituents is 1. The Labute approximate surface area is 129 Å². The SMILES string of the molecule is C[C@H](Sc1nnc(-c2ccc[nH]2)o1)c1cccc([N+](=O)[O-])c1. The van der Waals surface area contributed by atoms with Crippen LogP contribution in [0.1, 0.15) is 17.7 Å². The number of benzene rings is 1. The molecule has 112 valence electrons. The molecule has 3 rings (SSSR count). The van der Waals surface area contributed by atoms with Crippen LogP contribution in [0.15, 0.2) is 52.2 Å². The van der Waals surface area contributed by atoms with Crippen molar-refractivity contribution in [1.29, 1.82) is 0 Å². The number of aromatic nitrogens is 3. The smallest absolute Gasteiger partial charge is 0.277 e. The molecule has 0 saturated heterocycles. The highest BCUT2D eigenvalue weighted by Crippen LogP contribution is 2.35.